The molecule has 2 aromatic rings. The van der Waals surface area contributed by atoms with E-state index in [1.807, 2.05) is 6.07 Å². The number of hydrogen-bond donors (Lipinski definition) is 4. The van der Waals surface area contributed by atoms with Gasteiger partial charge in [-0.15, -0.1) is 0 Å². The van der Waals surface area contributed by atoms with E-state index in [1.54, 1.807) is 13.1 Å². The molecule has 0 radical (unpaired) electrons. The maximum Gasteiger partial charge on any atom is 0.369 e. The van der Waals surface area contributed by atoms with E-state index in [2.05, 4.69) is 20.4 Å². The number of amidine groups is 1. The minimum atomic E-state index is -0.592. The molecule has 0 saturated heterocycles. The average Bonchev–Trinajstić information content (AvgIpc) is 3.10. The SMILES string of the molecule is C/C(N)=N/OC(=O)c1cnc2[nH]ccc2c1N[C@H]1[C@@H]2CC3C[C@H]1C[C@@](O)(C3)C2. The van der Waals surface area contributed by atoms with Crippen LogP contribution in [0.2, 0.25) is 0 Å². The van der Waals surface area contributed by atoms with Crippen molar-refractivity contribution in [3.05, 3.63) is 24.0 Å². The topological polar surface area (TPSA) is 126 Å². The fourth-order valence-electron chi connectivity index (χ4n) is 5.86. The highest BCUT2D eigenvalue weighted by atomic mass is 16.7. The van der Waals surface area contributed by atoms with Crippen LogP contribution >= 0.6 is 0 Å². The predicted molar refractivity (Wildman–Crippen MR) is 105 cm³/mol. The molecule has 6 rings (SSSR count). The van der Waals surface area contributed by atoms with Gasteiger partial charge in [-0.25, -0.2) is 9.78 Å². The van der Waals surface area contributed by atoms with Gasteiger partial charge in [0.05, 0.1) is 11.3 Å². The number of pyridine rings is 1. The Morgan fingerprint density at radius 3 is 2.82 bits per heavy atom. The minimum Gasteiger partial charge on any atom is -0.390 e. The van der Waals surface area contributed by atoms with Crippen molar-refractivity contribution in [2.45, 2.75) is 50.7 Å². The highest BCUT2D eigenvalue weighted by Gasteiger charge is 2.54. The van der Waals surface area contributed by atoms with Crippen LogP contribution in [-0.4, -0.2) is 38.5 Å². The highest BCUT2D eigenvalue weighted by Crippen LogP contribution is 2.56. The van der Waals surface area contributed by atoms with E-state index in [9.17, 15) is 9.90 Å². The smallest absolute Gasteiger partial charge is 0.369 e. The Hall–Kier alpha value is -2.61. The Kier molecular flexibility index (Phi) is 3.87. The molecule has 148 valence electrons. The van der Waals surface area contributed by atoms with Gasteiger partial charge < -0.3 is 26.0 Å². The Balaban J connectivity index is 1.50. The number of aliphatic hydroxyl groups is 1. The highest BCUT2D eigenvalue weighted by molar-refractivity contribution is 6.04. The van der Waals surface area contributed by atoms with Crippen LogP contribution in [-0.2, 0) is 4.84 Å². The number of nitrogens with two attached hydrogens (primary N) is 1. The van der Waals surface area contributed by atoms with Crippen molar-refractivity contribution in [1.29, 1.82) is 0 Å². The number of anilines is 1. The number of aromatic nitrogens is 2. The molecule has 0 aromatic carbocycles. The Morgan fingerprint density at radius 1 is 1.39 bits per heavy atom. The summed E-state index contributed by atoms with van der Waals surface area (Å²) in [7, 11) is 0. The zero-order valence-electron chi connectivity index (χ0n) is 15.8. The summed E-state index contributed by atoms with van der Waals surface area (Å²) in [6.07, 6.45) is 8.18. The molecule has 0 amide bonds. The number of carbonyl (C=O) groups excluding carboxylic acids is 1. The van der Waals surface area contributed by atoms with Gasteiger partial charge >= 0.3 is 5.97 Å². The third kappa shape index (κ3) is 2.83. The fourth-order valence-corrected chi connectivity index (χ4v) is 5.86. The predicted octanol–water partition coefficient (Wildman–Crippen LogP) is 2.36. The molecule has 8 heteroatoms. The van der Waals surface area contributed by atoms with Crippen LogP contribution in [0.1, 0.15) is 49.4 Å². The molecule has 8 nitrogen and oxygen atoms in total. The van der Waals surface area contributed by atoms with E-state index < -0.39 is 11.6 Å². The van der Waals surface area contributed by atoms with Crippen molar-refractivity contribution in [2.24, 2.45) is 28.6 Å². The molecule has 4 bridgehead atoms. The first-order valence-corrected chi connectivity index (χ1v) is 9.88. The summed E-state index contributed by atoms with van der Waals surface area (Å²) in [5.74, 6) is 1.02. The van der Waals surface area contributed by atoms with Gasteiger partial charge in [0.1, 0.15) is 17.0 Å². The van der Waals surface area contributed by atoms with E-state index >= 15 is 0 Å². The number of rotatable bonds is 4. The maximum absolute atomic E-state index is 12.6. The van der Waals surface area contributed by atoms with Gasteiger partial charge in [0, 0.05) is 23.8 Å². The molecule has 5 atom stereocenters. The minimum absolute atomic E-state index is 0.174. The Morgan fingerprint density at radius 2 is 2.14 bits per heavy atom. The molecule has 4 fully saturated rings. The summed E-state index contributed by atoms with van der Waals surface area (Å²) < 4.78 is 0. The Labute approximate surface area is 162 Å². The normalized spacial score (nSPS) is 34.0. The first kappa shape index (κ1) is 17.5. The summed E-state index contributed by atoms with van der Waals surface area (Å²) >= 11 is 0. The lowest BCUT2D eigenvalue weighted by atomic mass is 9.52. The number of oxime groups is 1. The van der Waals surface area contributed by atoms with Gasteiger partial charge in [-0.1, -0.05) is 5.16 Å². The zero-order valence-corrected chi connectivity index (χ0v) is 15.8. The van der Waals surface area contributed by atoms with E-state index in [-0.39, 0.29) is 11.9 Å². The molecule has 2 aromatic heterocycles. The first-order chi connectivity index (χ1) is 13.4. The monoisotopic (exact) mass is 383 g/mol. The van der Waals surface area contributed by atoms with Crippen LogP contribution < -0.4 is 11.1 Å². The number of carbonyl (C=O) groups is 1. The molecule has 0 aliphatic heterocycles. The summed E-state index contributed by atoms with van der Waals surface area (Å²) in [5.41, 5.74) is 6.75. The number of aromatic amines is 1. The van der Waals surface area contributed by atoms with Crippen molar-refractivity contribution in [1.82, 2.24) is 9.97 Å². The summed E-state index contributed by atoms with van der Waals surface area (Å²) in [6.45, 7) is 1.55. The van der Waals surface area contributed by atoms with Gasteiger partial charge in [-0.3, -0.25) is 0 Å². The Bertz CT molecular complexity index is 948. The molecule has 2 heterocycles. The molecule has 1 unspecified atom stereocenters. The lowest BCUT2D eigenvalue weighted by Crippen LogP contribution is -2.59. The summed E-state index contributed by atoms with van der Waals surface area (Å²) in [5, 5.41) is 18.9. The standard InChI is InChI=1S/C20H25N5O3/c1-10(21)25-28-19(26)15-9-23-18-14(2-3-22-18)17(15)24-16-12-4-11-5-13(16)8-20(27,6-11)7-12/h2-3,9,11-13,16,27H,4-8H2,1H3,(H2,21,25)(H2,22,23,24)/t11?,12-,13+,16+,20-. The van der Waals surface area contributed by atoms with E-state index in [1.165, 1.54) is 6.20 Å². The molecule has 4 saturated carbocycles. The third-order valence-electron chi connectivity index (χ3n) is 6.63. The van der Waals surface area contributed by atoms with Crippen LogP contribution in [0.5, 0.6) is 0 Å². The molecule has 0 spiro atoms. The second kappa shape index (κ2) is 6.20. The van der Waals surface area contributed by atoms with E-state index in [0.717, 1.165) is 37.5 Å². The van der Waals surface area contributed by atoms with Gasteiger partial charge in [-0.05, 0) is 62.8 Å². The van der Waals surface area contributed by atoms with Crippen molar-refractivity contribution >= 4 is 28.5 Å². The van der Waals surface area contributed by atoms with Crippen LogP contribution in [0.25, 0.3) is 11.0 Å². The molecule has 5 N–H and O–H groups in total. The molecular weight excluding hydrogens is 358 g/mol. The second-order valence-corrected chi connectivity index (χ2v) is 8.76. The second-order valence-electron chi connectivity index (χ2n) is 8.76. The molecule has 4 aliphatic carbocycles. The van der Waals surface area contributed by atoms with Gasteiger partial charge in [0.15, 0.2) is 0 Å². The third-order valence-corrected chi connectivity index (χ3v) is 6.63. The molecular formula is C20H25N5O3. The number of nitrogens with zero attached hydrogens (tertiary/aromatic N) is 2. The number of nitrogens with one attached hydrogen (secondary N) is 2. The number of hydrogen-bond acceptors (Lipinski definition) is 6. The van der Waals surface area contributed by atoms with Gasteiger partial charge in [0.25, 0.3) is 0 Å². The van der Waals surface area contributed by atoms with Crippen LogP contribution in [0.4, 0.5) is 5.69 Å². The number of fused-ring (bicyclic) bond motifs is 1. The van der Waals surface area contributed by atoms with Crippen molar-refractivity contribution < 1.29 is 14.7 Å². The number of H-pyrrole nitrogens is 1. The lowest BCUT2D eigenvalue weighted by molar-refractivity contribution is -0.129. The van der Waals surface area contributed by atoms with Crippen molar-refractivity contribution in [2.75, 3.05) is 5.32 Å². The maximum atomic E-state index is 12.6. The lowest BCUT2D eigenvalue weighted by Gasteiger charge is -2.58. The summed E-state index contributed by atoms with van der Waals surface area (Å²) in [4.78, 5) is 25.0. The van der Waals surface area contributed by atoms with Crippen LogP contribution in [0.3, 0.4) is 0 Å². The van der Waals surface area contributed by atoms with E-state index in [0.29, 0.717) is 34.7 Å². The zero-order chi connectivity index (χ0) is 19.5. The fraction of sp³-hybridized carbons (Fsp3) is 0.550. The average molecular weight is 383 g/mol. The van der Waals surface area contributed by atoms with Crippen molar-refractivity contribution in [3.63, 3.8) is 0 Å². The first-order valence-electron chi connectivity index (χ1n) is 9.88. The summed E-state index contributed by atoms with van der Waals surface area (Å²) in [6, 6.07) is 2.13. The van der Waals surface area contributed by atoms with Crippen LogP contribution in [0.15, 0.2) is 23.6 Å². The molecule has 4 aliphatic rings. The largest absolute Gasteiger partial charge is 0.390 e. The quantitative estimate of drug-likeness (QED) is 0.278. The van der Waals surface area contributed by atoms with E-state index in [4.69, 9.17) is 10.6 Å². The van der Waals surface area contributed by atoms with Gasteiger partial charge in [0.2, 0.25) is 0 Å². The van der Waals surface area contributed by atoms with Gasteiger partial charge in [-0.2, -0.15) is 0 Å². The van der Waals surface area contributed by atoms with Crippen LogP contribution in [0, 0.1) is 17.8 Å². The molecule has 28 heavy (non-hydrogen) atoms. The van der Waals surface area contributed by atoms with Crippen molar-refractivity contribution in [3.8, 4) is 0 Å².